The maximum Gasteiger partial charge on any atom is 0.324 e. The number of rotatable bonds is 8. The minimum atomic E-state index is -0.313. The third-order valence-electron chi connectivity index (χ3n) is 6.86. The van der Waals surface area contributed by atoms with Crippen LogP contribution in [0.3, 0.4) is 0 Å². The van der Waals surface area contributed by atoms with Crippen LogP contribution < -0.4 is 20.7 Å². The third kappa shape index (κ3) is 6.03. The molecular weight excluding hydrogens is 562 g/mol. The van der Waals surface area contributed by atoms with E-state index in [1.54, 1.807) is 6.20 Å². The summed E-state index contributed by atoms with van der Waals surface area (Å²) in [6.07, 6.45) is 4.62. The molecule has 4 aromatic heterocycles. The minimum Gasteiger partial charge on any atom is -0.488 e. The molecule has 3 N–H and O–H groups in total. The Hall–Kier alpha value is -5.26. The first-order valence-electron chi connectivity index (χ1n) is 13.8. The number of carbonyl (C=O) groups is 1. The molecule has 0 saturated carbocycles. The number of urea groups is 1. The molecule has 1 aliphatic heterocycles. The van der Waals surface area contributed by atoms with Crippen LogP contribution in [0.15, 0.2) is 103 Å². The maximum absolute atomic E-state index is 12.6. The van der Waals surface area contributed by atoms with E-state index in [0.29, 0.717) is 23.9 Å². The molecule has 0 spiro atoms. The van der Waals surface area contributed by atoms with Crippen molar-refractivity contribution >= 4 is 45.3 Å². The van der Waals surface area contributed by atoms with Crippen LogP contribution in [0.4, 0.5) is 27.1 Å². The van der Waals surface area contributed by atoms with Gasteiger partial charge in [-0.1, -0.05) is 24.3 Å². The number of aromatic nitrogens is 4. The van der Waals surface area contributed by atoms with Crippen LogP contribution in [0.2, 0.25) is 0 Å². The monoisotopic (exact) mass is 589 g/mol. The molecule has 7 rings (SSSR count). The van der Waals surface area contributed by atoms with E-state index >= 15 is 0 Å². The van der Waals surface area contributed by atoms with E-state index in [0.717, 1.165) is 52.1 Å². The number of benzene rings is 2. The van der Waals surface area contributed by atoms with Crippen LogP contribution in [0.1, 0.15) is 6.42 Å². The zero-order valence-electron chi connectivity index (χ0n) is 22.9. The Morgan fingerprint density at radius 3 is 2.77 bits per heavy atom. The Kier molecular flexibility index (Phi) is 7.38. The molecule has 1 aliphatic rings. The standard InChI is InChI=1S/C32H27N7O3S/c40-32(38-28-11-5-17-43-28)35-22-7-3-6-21(18-22)29-30(39-15-2-1-10-27(39)37-29)26-12-14-33-31(36-26)34-23-8-4-9-24(19-23)42-25-13-16-41-20-25/h1-12,14-15,17-19,25H,13,16,20H2,(H,33,34,36)(H2,35,38,40). The van der Waals surface area contributed by atoms with Crippen LogP contribution in [-0.4, -0.2) is 44.7 Å². The minimum absolute atomic E-state index is 0.0625. The highest BCUT2D eigenvalue weighted by Crippen LogP contribution is 2.34. The van der Waals surface area contributed by atoms with Gasteiger partial charge in [0, 0.05) is 41.8 Å². The summed E-state index contributed by atoms with van der Waals surface area (Å²) in [4.78, 5) is 26.9. The van der Waals surface area contributed by atoms with Crippen molar-refractivity contribution in [1.82, 2.24) is 19.4 Å². The fourth-order valence-corrected chi connectivity index (χ4v) is 5.55. The van der Waals surface area contributed by atoms with E-state index in [1.807, 2.05) is 101 Å². The number of nitrogens with zero attached hydrogens (tertiary/aromatic N) is 4. The fourth-order valence-electron chi connectivity index (χ4n) is 4.94. The average Bonchev–Trinajstić information content (AvgIpc) is 3.79. The first-order chi connectivity index (χ1) is 21.2. The van der Waals surface area contributed by atoms with Gasteiger partial charge in [-0.15, -0.1) is 11.3 Å². The Bertz CT molecular complexity index is 1880. The van der Waals surface area contributed by atoms with E-state index in [-0.39, 0.29) is 12.1 Å². The predicted molar refractivity (Wildman–Crippen MR) is 168 cm³/mol. The Morgan fingerprint density at radius 2 is 1.88 bits per heavy atom. The number of amides is 2. The number of hydrogen-bond donors (Lipinski definition) is 3. The normalized spacial score (nSPS) is 14.5. The van der Waals surface area contributed by atoms with Crippen molar-refractivity contribution < 1.29 is 14.3 Å². The summed E-state index contributed by atoms with van der Waals surface area (Å²) in [6, 6.07) is 26.5. The number of imidazole rings is 1. The largest absolute Gasteiger partial charge is 0.488 e. The summed E-state index contributed by atoms with van der Waals surface area (Å²) < 4.78 is 13.5. The van der Waals surface area contributed by atoms with Crippen molar-refractivity contribution in [2.45, 2.75) is 12.5 Å². The summed E-state index contributed by atoms with van der Waals surface area (Å²) in [7, 11) is 0. The number of pyridine rings is 1. The smallest absolute Gasteiger partial charge is 0.324 e. The highest BCUT2D eigenvalue weighted by atomic mass is 32.1. The summed E-state index contributed by atoms with van der Waals surface area (Å²) in [5.74, 6) is 1.20. The van der Waals surface area contributed by atoms with Crippen molar-refractivity contribution in [1.29, 1.82) is 0 Å². The predicted octanol–water partition coefficient (Wildman–Crippen LogP) is 7.08. The van der Waals surface area contributed by atoms with Gasteiger partial charge in [-0.25, -0.2) is 19.7 Å². The van der Waals surface area contributed by atoms with Crippen molar-refractivity contribution in [3.05, 3.63) is 103 Å². The molecule has 214 valence electrons. The summed E-state index contributed by atoms with van der Waals surface area (Å²) >= 11 is 1.46. The number of thiophene rings is 1. The lowest BCUT2D eigenvalue weighted by Crippen LogP contribution is -2.18. The molecule has 1 unspecified atom stereocenters. The van der Waals surface area contributed by atoms with E-state index < -0.39 is 0 Å². The molecule has 5 heterocycles. The molecule has 0 aliphatic carbocycles. The summed E-state index contributed by atoms with van der Waals surface area (Å²) in [5.41, 5.74) is 5.29. The van der Waals surface area contributed by atoms with Gasteiger partial charge in [0.15, 0.2) is 0 Å². The molecule has 1 saturated heterocycles. The van der Waals surface area contributed by atoms with Gasteiger partial charge in [-0.3, -0.25) is 9.72 Å². The van der Waals surface area contributed by atoms with Crippen LogP contribution in [0.5, 0.6) is 5.75 Å². The Balaban J connectivity index is 1.18. The highest BCUT2D eigenvalue weighted by Gasteiger charge is 2.19. The van der Waals surface area contributed by atoms with Crippen LogP contribution in [0, 0.1) is 0 Å². The first-order valence-corrected chi connectivity index (χ1v) is 14.7. The molecule has 0 bridgehead atoms. The zero-order valence-corrected chi connectivity index (χ0v) is 23.8. The van der Waals surface area contributed by atoms with Crippen LogP contribution >= 0.6 is 11.3 Å². The van der Waals surface area contributed by atoms with Gasteiger partial charge >= 0.3 is 6.03 Å². The topological polar surface area (TPSA) is 115 Å². The van der Waals surface area contributed by atoms with E-state index in [9.17, 15) is 4.79 Å². The van der Waals surface area contributed by atoms with Gasteiger partial charge < -0.3 is 20.1 Å². The Morgan fingerprint density at radius 1 is 0.953 bits per heavy atom. The molecule has 2 amide bonds. The second-order valence-corrected chi connectivity index (χ2v) is 10.8. The van der Waals surface area contributed by atoms with Gasteiger partial charge in [0.05, 0.1) is 35.3 Å². The lowest BCUT2D eigenvalue weighted by atomic mass is 10.1. The van der Waals surface area contributed by atoms with Crippen LogP contribution in [-0.2, 0) is 4.74 Å². The van der Waals surface area contributed by atoms with Crippen molar-refractivity contribution in [3.63, 3.8) is 0 Å². The van der Waals surface area contributed by atoms with E-state index in [4.69, 9.17) is 19.4 Å². The molecule has 43 heavy (non-hydrogen) atoms. The fraction of sp³-hybridized carbons (Fsp3) is 0.125. The summed E-state index contributed by atoms with van der Waals surface area (Å²) in [5, 5.41) is 11.8. The quantitative estimate of drug-likeness (QED) is 0.174. The molecule has 6 aromatic rings. The van der Waals surface area contributed by atoms with E-state index in [1.165, 1.54) is 11.3 Å². The molecule has 2 aromatic carbocycles. The summed E-state index contributed by atoms with van der Waals surface area (Å²) in [6.45, 7) is 1.33. The molecule has 11 heteroatoms. The molecule has 1 fully saturated rings. The molecule has 10 nitrogen and oxygen atoms in total. The second kappa shape index (κ2) is 11.9. The van der Waals surface area contributed by atoms with Gasteiger partial charge in [0.2, 0.25) is 5.95 Å². The number of nitrogens with one attached hydrogen (secondary N) is 3. The van der Waals surface area contributed by atoms with Crippen molar-refractivity contribution in [2.24, 2.45) is 0 Å². The van der Waals surface area contributed by atoms with Gasteiger partial charge in [0.25, 0.3) is 0 Å². The molecular formula is C32H27N7O3S. The van der Waals surface area contributed by atoms with Crippen molar-refractivity contribution in [3.8, 4) is 28.4 Å². The number of carbonyl (C=O) groups excluding carboxylic acids is 1. The van der Waals surface area contributed by atoms with Crippen LogP contribution in [0.25, 0.3) is 28.3 Å². The SMILES string of the molecule is O=C(Nc1cccc(-c2nc3ccccn3c2-c2ccnc(Nc3cccc(OC4CCOC4)c3)n2)c1)Nc1cccs1. The van der Waals surface area contributed by atoms with Gasteiger partial charge in [-0.05, 0) is 60.0 Å². The number of fused-ring (bicyclic) bond motifs is 1. The average molecular weight is 590 g/mol. The number of ether oxygens (including phenoxy) is 2. The van der Waals surface area contributed by atoms with Gasteiger partial charge in [-0.2, -0.15) is 0 Å². The third-order valence-corrected chi connectivity index (χ3v) is 7.65. The maximum atomic E-state index is 12.6. The number of hydrogen-bond acceptors (Lipinski definition) is 8. The lowest BCUT2D eigenvalue weighted by Gasteiger charge is -2.13. The van der Waals surface area contributed by atoms with E-state index in [2.05, 4.69) is 20.9 Å². The highest BCUT2D eigenvalue weighted by molar-refractivity contribution is 7.14. The molecule has 1 atom stereocenters. The second-order valence-electron chi connectivity index (χ2n) is 9.90. The number of anilines is 4. The van der Waals surface area contributed by atoms with Gasteiger partial charge in [0.1, 0.15) is 17.5 Å². The zero-order chi connectivity index (χ0) is 29.0. The van der Waals surface area contributed by atoms with Crippen molar-refractivity contribution in [2.75, 3.05) is 29.2 Å². The Labute approximate surface area is 251 Å². The first kappa shape index (κ1) is 26.6. The lowest BCUT2D eigenvalue weighted by molar-refractivity contribution is 0.141. The molecule has 0 radical (unpaired) electrons.